The zero-order chi connectivity index (χ0) is 18.8. The van der Waals surface area contributed by atoms with Gasteiger partial charge in [0.25, 0.3) is 0 Å². The van der Waals surface area contributed by atoms with Gasteiger partial charge in [-0.15, -0.1) is 0 Å². The molecule has 0 aliphatic rings. The summed E-state index contributed by atoms with van der Waals surface area (Å²) in [7, 11) is 0. The van der Waals surface area contributed by atoms with E-state index in [1.807, 2.05) is 0 Å². The number of nitrogen functional groups attached to an aromatic ring is 2. The van der Waals surface area contributed by atoms with E-state index in [1.54, 1.807) is 0 Å². The van der Waals surface area contributed by atoms with Crippen LogP contribution in [0.2, 0.25) is 0 Å². The summed E-state index contributed by atoms with van der Waals surface area (Å²) >= 11 is 0. The van der Waals surface area contributed by atoms with Gasteiger partial charge in [-0.1, -0.05) is 0 Å². The first-order chi connectivity index (χ1) is 12.4. The van der Waals surface area contributed by atoms with E-state index in [9.17, 15) is 18.4 Å². The Hall–Kier alpha value is -3.54. The van der Waals surface area contributed by atoms with Gasteiger partial charge in [-0.25, -0.2) is 8.78 Å². The average molecular weight is 352 g/mol. The molecule has 4 N–H and O–H groups in total. The molecule has 0 radical (unpaired) electrons. The van der Waals surface area contributed by atoms with Crippen LogP contribution in [0.4, 0.5) is 20.2 Å². The highest BCUT2D eigenvalue weighted by Gasteiger charge is 2.19. The zero-order valence-corrected chi connectivity index (χ0v) is 13.5. The van der Waals surface area contributed by atoms with Crippen LogP contribution in [-0.2, 0) is 0 Å². The molecule has 4 nitrogen and oxygen atoms in total. The van der Waals surface area contributed by atoms with Crippen LogP contribution in [0, 0.1) is 11.6 Å². The number of halogens is 2. The van der Waals surface area contributed by atoms with Gasteiger partial charge in [0, 0.05) is 33.6 Å². The summed E-state index contributed by atoms with van der Waals surface area (Å²) in [6.45, 7) is 0. The molecule has 0 saturated heterocycles. The Bertz CT molecular complexity index is 919. The summed E-state index contributed by atoms with van der Waals surface area (Å²) in [5.74, 6) is -1.87. The molecule has 6 heteroatoms. The highest BCUT2D eigenvalue weighted by Crippen LogP contribution is 2.26. The molecule has 0 amide bonds. The maximum absolute atomic E-state index is 13.0. The number of hydrogen-bond donors (Lipinski definition) is 2. The van der Waals surface area contributed by atoms with Gasteiger partial charge in [-0.05, 0) is 60.7 Å². The minimum absolute atomic E-state index is 0.0799. The number of carbonyl (C=O) groups excluding carboxylic acids is 2. The van der Waals surface area contributed by atoms with Crippen LogP contribution in [-0.4, -0.2) is 11.6 Å². The lowest BCUT2D eigenvalue weighted by Gasteiger charge is -2.11. The molecule has 3 rings (SSSR count). The molecular formula is C20H14F2N2O2. The van der Waals surface area contributed by atoms with E-state index < -0.39 is 23.2 Å². The molecule has 0 spiro atoms. The van der Waals surface area contributed by atoms with E-state index in [0.717, 1.165) is 24.3 Å². The molecule has 0 bridgehead atoms. The van der Waals surface area contributed by atoms with Gasteiger partial charge >= 0.3 is 0 Å². The molecule has 0 fully saturated rings. The Balaban J connectivity index is 2.04. The van der Waals surface area contributed by atoms with Crippen molar-refractivity contribution in [2.45, 2.75) is 0 Å². The molecule has 26 heavy (non-hydrogen) atoms. The predicted molar refractivity (Wildman–Crippen MR) is 94.9 cm³/mol. The largest absolute Gasteiger partial charge is 0.398 e. The van der Waals surface area contributed by atoms with Gasteiger partial charge in [-0.2, -0.15) is 0 Å². The number of nitrogens with two attached hydrogens (primary N) is 2. The van der Waals surface area contributed by atoms with Crippen LogP contribution in [0.5, 0.6) is 0 Å². The second kappa shape index (κ2) is 6.76. The fourth-order valence-electron chi connectivity index (χ4n) is 2.54. The lowest BCUT2D eigenvalue weighted by Crippen LogP contribution is -2.11. The van der Waals surface area contributed by atoms with Crippen molar-refractivity contribution in [2.24, 2.45) is 0 Å². The molecule has 3 aromatic rings. The number of benzene rings is 3. The number of carbonyl (C=O) groups is 2. The second-order valence-corrected chi connectivity index (χ2v) is 5.70. The van der Waals surface area contributed by atoms with Gasteiger partial charge in [0.15, 0.2) is 11.6 Å². The minimum atomic E-state index is -0.473. The van der Waals surface area contributed by atoms with E-state index >= 15 is 0 Å². The van der Waals surface area contributed by atoms with E-state index in [-0.39, 0.29) is 33.6 Å². The normalized spacial score (nSPS) is 10.5. The van der Waals surface area contributed by atoms with Crippen LogP contribution in [0.25, 0.3) is 0 Å². The van der Waals surface area contributed by atoms with Crippen molar-refractivity contribution in [3.8, 4) is 0 Å². The lowest BCUT2D eigenvalue weighted by atomic mass is 9.95. The fraction of sp³-hybridized carbons (Fsp3) is 0. The van der Waals surface area contributed by atoms with Crippen molar-refractivity contribution in [1.82, 2.24) is 0 Å². The third kappa shape index (κ3) is 3.30. The van der Waals surface area contributed by atoms with Crippen LogP contribution < -0.4 is 11.5 Å². The van der Waals surface area contributed by atoms with Gasteiger partial charge in [0.05, 0.1) is 0 Å². The van der Waals surface area contributed by atoms with Gasteiger partial charge in [0.2, 0.25) is 0 Å². The SMILES string of the molecule is Nc1cc(N)c(C(=O)c2ccc(F)cc2)cc1C(=O)c1ccc(F)cc1. The van der Waals surface area contributed by atoms with Crippen molar-refractivity contribution in [3.63, 3.8) is 0 Å². The van der Waals surface area contributed by atoms with Gasteiger partial charge in [-0.3, -0.25) is 9.59 Å². The average Bonchev–Trinajstić information content (AvgIpc) is 2.62. The Morgan fingerprint density at radius 3 is 1.31 bits per heavy atom. The van der Waals surface area contributed by atoms with Crippen molar-refractivity contribution >= 4 is 22.9 Å². The molecule has 0 aliphatic carbocycles. The first-order valence-electron chi connectivity index (χ1n) is 7.66. The van der Waals surface area contributed by atoms with E-state index in [0.29, 0.717) is 0 Å². The first-order valence-corrected chi connectivity index (χ1v) is 7.66. The third-order valence-corrected chi connectivity index (χ3v) is 3.92. The third-order valence-electron chi connectivity index (χ3n) is 3.92. The van der Waals surface area contributed by atoms with Crippen LogP contribution >= 0.6 is 0 Å². The van der Waals surface area contributed by atoms with E-state index in [4.69, 9.17) is 11.5 Å². The molecule has 3 aromatic carbocycles. The van der Waals surface area contributed by atoms with Crippen molar-refractivity contribution in [1.29, 1.82) is 0 Å². The summed E-state index contributed by atoms with van der Waals surface area (Å²) in [4.78, 5) is 25.3. The molecule has 0 aliphatic heterocycles. The van der Waals surface area contributed by atoms with E-state index in [1.165, 1.54) is 36.4 Å². The van der Waals surface area contributed by atoms with Crippen molar-refractivity contribution in [3.05, 3.63) is 94.6 Å². The summed E-state index contributed by atoms with van der Waals surface area (Å²) in [6, 6.07) is 12.6. The Morgan fingerprint density at radius 2 is 0.962 bits per heavy atom. The standard InChI is InChI=1S/C20H14F2N2O2/c21-13-5-1-11(2-6-13)19(25)15-9-16(18(24)10-17(15)23)20(26)12-3-7-14(22)8-4-12/h1-10H,23-24H2. The maximum atomic E-state index is 13.0. The van der Waals surface area contributed by atoms with Gasteiger partial charge in [0.1, 0.15) is 11.6 Å². The highest BCUT2D eigenvalue weighted by molar-refractivity contribution is 6.17. The predicted octanol–water partition coefficient (Wildman–Crippen LogP) is 3.59. The molecule has 0 saturated carbocycles. The topological polar surface area (TPSA) is 86.2 Å². The quantitative estimate of drug-likeness (QED) is 0.555. The van der Waals surface area contributed by atoms with Crippen LogP contribution in [0.1, 0.15) is 31.8 Å². The molecule has 0 heterocycles. The summed E-state index contributed by atoms with van der Waals surface area (Å²) in [6.07, 6.45) is 0. The molecule has 0 atom stereocenters. The van der Waals surface area contributed by atoms with Crippen molar-refractivity contribution < 1.29 is 18.4 Å². The summed E-state index contributed by atoms with van der Waals surface area (Å²) < 4.78 is 26.1. The Morgan fingerprint density at radius 1 is 0.615 bits per heavy atom. The Kier molecular flexibility index (Phi) is 4.49. The van der Waals surface area contributed by atoms with Crippen LogP contribution in [0.3, 0.4) is 0 Å². The fourth-order valence-corrected chi connectivity index (χ4v) is 2.54. The maximum Gasteiger partial charge on any atom is 0.195 e. The smallest absolute Gasteiger partial charge is 0.195 e. The number of hydrogen-bond acceptors (Lipinski definition) is 4. The summed E-state index contributed by atoms with van der Waals surface area (Å²) in [5.41, 5.74) is 12.6. The van der Waals surface area contributed by atoms with E-state index in [2.05, 4.69) is 0 Å². The summed E-state index contributed by atoms with van der Waals surface area (Å²) in [5, 5.41) is 0. The molecular weight excluding hydrogens is 338 g/mol. The molecule has 0 aromatic heterocycles. The van der Waals surface area contributed by atoms with Gasteiger partial charge < -0.3 is 11.5 Å². The Labute approximate surface area is 148 Å². The monoisotopic (exact) mass is 352 g/mol. The lowest BCUT2D eigenvalue weighted by molar-refractivity contribution is 0.103. The molecule has 130 valence electrons. The van der Waals surface area contributed by atoms with Crippen molar-refractivity contribution in [2.75, 3.05) is 11.5 Å². The number of ketones is 2. The highest BCUT2D eigenvalue weighted by atomic mass is 19.1. The zero-order valence-electron chi connectivity index (χ0n) is 13.5. The molecule has 0 unspecified atom stereocenters. The number of anilines is 2. The second-order valence-electron chi connectivity index (χ2n) is 5.70. The first kappa shape index (κ1) is 17.3. The van der Waals surface area contributed by atoms with Crippen LogP contribution in [0.15, 0.2) is 60.7 Å². The minimum Gasteiger partial charge on any atom is -0.398 e. The number of rotatable bonds is 4.